The van der Waals surface area contributed by atoms with E-state index in [0.29, 0.717) is 12.0 Å². The summed E-state index contributed by atoms with van der Waals surface area (Å²) in [6.07, 6.45) is -0.000704. The predicted molar refractivity (Wildman–Crippen MR) is 53.8 cm³/mol. The fraction of sp³-hybridized carbons (Fsp3) is 0.444. The summed E-state index contributed by atoms with van der Waals surface area (Å²) in [5.41, 5.74) is -0.269. The summed E-state index contributed by atoms with van der Waals surface area (Å²) in [5.74, 6) is 0.256. The van der Waals surface area contributed by atoms with E-state index in [1.54, 1.807) is 20.8 Å². The Kier molecular flexibility index (Phi) is 3.08. The molecule has 0 bridgehead atoms. The molecule has 0 saturated heterocycles. The number of carbonyl (C=O) groups excluding carboxylic acids is 2. The van der Waals surface area contributed by atoms with E-state index in [4.69, 9.17) is 4.74 Å². The highest BCUT2D eigenvalue weighted by Crippen LogP contribution is 2.10. The average Bonchev–Trinajstić information content (AvgIpc) is 2.48. The number of H-pyrrole nitrogens is 1. The van der Waals surface area contributed by atoms with Gasteiger partial charge >= 0.3 is 6.09 Å². The quantitative estimate of drug-likeness (QED) is 0.727. The molecule has 0 aliphatic rings. The minimum absolute atomic E-state index is 0.256. The van der Waals surface area contributed by atoms with Crippen molar-refractivity contribution < 1.29 is 14.3 Å². The van der Waals surface area contributed by atoms with Crippen LogP contribution in [0.3, 0.4) is 0 Å². The van der Waals surface area contributed by atoms with Crippen LogP contribution < -0.4 is 5.32 Å². The molecule has 1 aromatic heterocycles. The van der Waals surface area contributed by atoms with Gasteiger partial charge in [0.25, 0.3) is 0 Å². The number of aldehydes is 1. The Morgan fingerprint density at radius 2 is 2.27 bits per heavy atom. The molecule has 0 spiro atoms. The second kappa shape index (κ2) is 4.12. The molecule has 15 heavy (non-hydrogen) atoms. The lowest BCUT2D eigenvalue weighted by molar-refractivity contribution is 0.0635. The van der Waals surface area contributed by atoms with E-state index in [0.717, 1.165) is 0 Å². The van der Waals surface area contributed by atoms with Gasteiger partial charge in [0.2, 0.25) is 0 Å². The molecule has 0 saturated carbocycles. The summed E-state index contributed by atoms with van der Waals surface area (Å²) >= 11 is 0. The third-order valence-electron chi connectivity index (χ3n) is 1.35. The van der Waals surface area contributed by atoms with Crippen LogP contribution in [-0.4, -0.2) is 28.2 Å². The van der Waals surface area contributed by atoms with Crippen LogP contribution in [0.25, 0.3) is 0 Å². The normalized spacial score (nSPS) is 10.9. The number of hydrogen-bond acceptors (Lipinski definition) is 4. The first-order chi connectivity index (χ1) is 6.90. The Balaban J connectivity index is 2.55. The summed E-state index contributed by atoms with van der Waals surface area (Å²) in [7, 11) is 0. The third-order valence-corrected chi connectivity index (χ3v) is 1.35. The van der Waals surface area contributed by atoms with Gasteiger partial charge in [0.05, 0.1) is 5.69 Å². The van der Waals surface area contributed by atoms with Crippen molar-refractivity contribution in [2.75, 3.05) is 5.32 Å². The van der Waals surface area contributed by atoms with Crippen molar-refractivity contribution in [1.82, 2.24) is 10.2 Å². The summed E-state index contributed by atoms with van der Waals surface area (Å²) < 4.78 is 4.99. The smallest absolute Gasteiger partial charge is 0.413 e. The van der Waals surface area contributed by atoms with Gasteiger partial charge in [-0.15, -0.1) is 0 Å². The Morgan fingerprint density at radius 1 is 1.60 bits per heavy atom. The highest BCUT2D eigenvalue weighted by molar-refractivity contribution is 5.85. The van der Waals surface area contributed by atoms with E-state index < -0.39 is 11.7 Å². The molecule has 0 aromatic carbocycles. The maximum Gasteiger partial charge on any atom is 0.413 e. The molecule has 6 nitrogen and oxygen atoms in total. The molecule has 1 heterocycles. The van der Waals surface area contributed by atoms with Gasteiger partial charge in [0.15, 0.2) is 12.1 Å². The number of nitrogens with one attached hydrogen (secondary N) is 2. The van der Waals surface area contributed by atoms with Crippen LogP contribution in [-0.2, 0) is 4.74 Å². The third kappa shape index (κ3) is 3.80. The lowest BCUT2D eigenvalue weighted by atomic mass is 10.2. The average molecular weight is 211 g/mol. The van der Waals surface area contributed by atoms with Crippen LogP contribution in [0.4, 0.5) is 10.6 Å². The molecular formula is C9H13N3O3. The van der Waals surface area contributed by atoms with Crippen molar-refractivity contribution in [2.24, 2.45) is 0 Å². The van der Waals surface area contributed by atoms with Crippen molar-refractivity contribution >= 4 is 18.2 Å². The number of carbonyl (C=O) groups is 2. The van der Waals surface area contributed by atoms with Crippen LogP contribution in [0.15, 0.2) is 6.07 Å². The summed E-state index contributed by atoms with van der Waals surface area (Å²) in [6.45, 7) is 5.27. The highest BCUT2D eigenvalue weighted by atomic mass is 16.6. The van der Waals surface area contributed by atoms with Gasteiger partial charge in [0, 0.05) is 6.07 Å². The fourth-order valence-electron chi connectivity index (χ4n) is 0.869. The minimum Gasteiger partial charge on any atom is -0.444 e. The van der Waals surface area contributed by atoms with E-state index in [-0.39, 0.29) is 5.82 Å². The Bertz CT molecular complexity index is 365. The topological polar surface area (TPSA) is 84.1 Å². The first kappa shape index (κ1) is 11.2. The second-order valence-electron chi connectivity index (χ2n) is 3.95. The van der Waals surface area contributed by atoms with Crippen molar-refractivity contribution in [2.45, 2.75) is 26.4 Å². The van der Waals surface area contributed by atoms with Gasteiger partial charge in [-0.1, -0.05) is 0 Å². The number of anilines is 1. The molecule has 6 heteroatoms. The predicted octanol–water partition coefficient (Wildman–Crippen LogP) is 1.57. The van der Waals surface area contributed by atoms with Crippen molar-refractivity contribution in [3.05, 3.63) is 11.8 Å². The van der Waals surface area contributed by atoms with E-state index in [1.807, 2.05) is 0 Å². The van der Waals surface area contributed by atoms with Crippen molar-refractivity contribution in [1.29, 1.82) is 0 Å². The molecule has 0 fully saturated rings. The van der Waals surface area contributed by atoms with Gasteiger partial charge < -0.3 is 4.74 Å². The summed E-state index contributed by atoms with van der Waals surface area (Å²) in [5, 5.41) is 8.51. The Morgan fingerprint density at radius 3 is 2.73 bits per heavy atom. The molecule has 0 aliphatic carbocycles. The summed E-state index contributed by atoms with van der Waals surface area (Å²) in [6, 6.07) is 1.41. The second-order valence-corrected chi connectivity index (χ2v) is 3.95. The van der Waals surface area contributed by atoms with E-state index >= 15 is 0 Å². The summed E-state index contributed by atoms with van der Waals surface area (Å²) in [4.78, 5) is 21.6. The largest absolute Gasteiger partial charge is 0.444 e. The molecule has 82 valence electrons. The SMILES string of the molecule is CC(C)(C)OC(=O)Nc1cc(C=O)[nH]n1. The van der Waals surface area contributed by atoms with Crippen LogP contribution >= 0.6 is 0 Å². The molecule has 0 atom stereocenters. The van der Waals surface area contributed by atoms with Crippen LogP contribution in [0.1, 0.15) is 31.3 Å². The van der Waals surface area contributed by atoms with Gasteiger partial charge in [-0.05, 0) is 20.8 Å². The molecule has 1 rings (SSSR count). The molecular weight excluding hydrogens is 198 g/mol. The lowest BCUT2D eigenvalue weighted by Gasteiger charge is -2.18. The number of rotatable bonds is 2. The maximum absolute atomic E-state index is 11.3. The highest BCUT2D eigenvalue weighted by Gasteiger charge is 2.16. The molecule has 0 aliphatic heterocycles. The molecule has 0 unspecified atom stereocenters. The molecule has 0 radical (unpaired) electrons. The molecule has 1 aromatic rings. The number of ether oxygens (including phenoxy) is 1. The van der Waals surface area contributed by atoms with Crippen molar-refractivity contribution in [3.8, 4) is 0 Å². The van der Waals surface area contributed by atoms with E-state index in [1.165, 1.54) is 6.07 Å². The molecule has 1 amide bonds. The van der Waals surface area contributed by atoms with Gasteiger partial charge in [-0.2, -0.15) is 5.10 Å². The van der Waals surface area contributed by atoms with Crippen LogP contribution in [0.5, 0.6) is 0 Å². The zero-order valence-corrected chi connectivity index (χ0v) is 8.83. The van der Waals surface area contributed by atoms with Crippen LogP contribution in [0.2, 0.25) is 0 Å². The monoisotopic (exact) mass is 211 g/mol. The number of nitrogens with zero attached hydrogens (tertiary/aromatic N) is 1. The van der Waals surface area contributed by atoms with E-state index in [2.05, 4.69) is 15.5 Å². The first-order valence-electron chi connectivity index (χ1n) is 4.41. The Labute approximate surface area is 87.0 Å². The number of amides is 1. The minimum atomic E-state index is -0.605. The van der Waals surface area contributed by atoms with E-state index in [9.17, 15) is 9.59 Å². The zero-order chi connectivity index (χ0) is 11.5. The number of aromatic nitrogens is 2. The fourth-order valence-corrected chi connectivity index (χ4v) is 0.869. The number of hydrogen-bond donors (Lipinski definition) is 2. The van der Waals surface area contributed by atoms with Gasteiger partial charge in [0.1, 0.15) is 5.60 Å². The van der Waals surface area contributed by atoms with Gasteiger partial charge in [-0.3, -0.25) is 15.2 Å². The van der Waals surface area contributed by atoms with Crippen molar-refractivity contribution in [3.63, 3.8) is 0 Å². The van der Waals surface area contributed by atoms with Crippen LogP contribution in [0, 0.1) is 0 Å². The standard InChI is InChI=1S/C9H13N3O3/c1-9(2,3)15-8(14)10-7-4-6(5-13)11-12-7/h4-5H,1-3H3,(H2,10,11,12,14). The first-order valence-corrected chi connectivity index (χ1v) is 4.41. The Hall–Kier alpha value is -1.85. The lowest BCUT2D eigenvalue weighted by Crippen LogP contribution is -2.27. The van der Waals surface area contributed by atoms with Gasteiger partial charge in [-0.25, -0.2) is 4.79 Å². The molecule has 2 N–H and O–H groups in total. The zero-order valence-electron chi connectivity index (χ0n) is 8.83. The number of aromatic amines is 1. The maximum atomic E-state index is 11.3.